The molecule has 0 aliphatic carbocycles. The van der Waals surface area contributed by atoms with E-state index < -0.39 is 0 Å². The van der Waals surface area contributed by atoms with Crippen LogP contribution in [-0.2, 0) is 6.54 Å². The molecule has 0 spiro atoms. The van der Waals surface area contributed by atoms with E-state index in [2.05, 4.69) is 67.9 Å². The van der Waals surface area contributed by atoms with Gasteiger partial charge in [0, 0.05) is 35.3 Å². The monoisotopic (exact) mass is 404 g/mol. The van der Waals surface area contributed by atoms with Crippen LogP contribution in [0.25, 0.3) is 55.4 Å². The first kappa shape index (κ1) is 17.8. The molecule has 3 aromatic heterocycles. The third kappa shape index (κ3) is 2.88. The fourth-order valence-electron chi connectivity index (χ4n) is 4.25. The van der Waals surface area contributed by atoms with Crippen LogP contribution in [0.1, 0.15) is 5.56 Å². The van der Waals surface area contributed by atoms with Crippen LogP contribution in [0.15, 0.2) is 73.1 Å². The van der Waals surface area contributed by atoms with Crippen molar-refractivity contribution in [2.45, 2.75) is 6.54 Å². The van der Waals surface area contributed by atoms with E-state index >= 15 is 0 Å². The summed E-state index contributed by atoms with van der Waals surface area (Å²) in [6.45, 7) is 0.765. The van der Waals surface area contributed by atoms with Crippen LogP contribution in [0.5, 0.6) is 0 Å². The Balaban J connectivity index is 1.53. The maximum Gasteiger partial charge on any atom is 0.159 e. The second-order valence-electron chi connectivity index (χ2n) is 7.67. The van der Waals surface area contributed by atoms with Crippen LogP contribution in [0.3, 0.4) is 0 Å². The molecule has 31 heavy (non-hydrogen) atoms. The van der Waals surface area contributed by atoms with Gasteiger partial charge < -0.3 is 10.3 Å². The van der Waals surface area contributed by atoms with Crippen molar-refractivity contribution in [1.29, 1.82) is 0 Å². The Kier molecular flexibility index (Phi) is 4.04. The Hall–Kier alpha value is -4.03. The maximum atomic E-state index is 4.89. The summed E-state index contributed by atoms with van der Waals surface area (Å²) >= 11 is 0. The zero-order valence-electron chi connectivity index (χ0n) is 17.0. The van der Waals surface area contributed by atoms with E-state index in [1.807, 2.05) is 37.6 Å². The van der Waals surface area contributed by atoms with Crippen molar-refractivity contribution in [2.24, 2.45) is 0 Å². The van der Waals surface area contributed by atoms with E-state index in [9.17, 15) is 0 Å². The molecule has 6 aromatic rings. The summed E-state index contributed by atoms with van der Waals surface area (Å²) in [5.74, 6) is 0.762. The molecule has 0 saturated carbocycles. The van der Waals surface area contributed by atoms with Crippen molar-refractivity contribution in [3.8, 4) is 22.6 Å². The highest BCUT2D eigenvalue weighted by Crippen LogP contribution is 2.33. The molecule has 3 heterocycles. The van der Waals surface area contributed by atoms with Gasteiger partial charge in [-0.2, -0.15) is 5.10 Å². The fourth-order valence-corrected chi connectivity index (χ4v) is 4.25. The topological polar surface area (TPSA) is 82.3 Å². The zero-order valence-corrected chi connectivity index (χ0v) is 17.0. The third-order valence-corrected chi connectivity index (χ3v) is 5.73. The summed E-state index contributed by atoms with van der Waals surface area (Å²) < 4.78 is 0. The van der Waals surface area contributed by atoms with Crippen molar-refractivity contribution in [3.05, 3.63) is 78.6 Å². The van der Waals surface area contributed by atoms with E-state index in [1.165, 1.54) is 5.39 Å². The number of aromatic amines is 2. The lowest BCUT2D eigenvalue weighted by atomic mass is 9.99. The second kappa shape index (κ2) is 7.04. The Morgan fingerprint density at radius 1 is 0.903 bits per heavy atom. The van der Waals surface area contributed by atoms with Gasteiger partial charge >= 0.3 is 0 Å². The molecular formula is C25H20N6. The molecule has 3 N–H and O–H groups in total. The van der Waals surface area contributed by atoms with Crippen LogP contribution in [-0.4, -0.2) is 32.2 Å². The van der Waals surface area contributed by atoms with Crippen molar-refractivity contribution >= 4 is 32.7 Å². The van der Waals surface area contributed by atoms with Crippen LogP contribution >= 0.6 is 0 Å². The summed E-state index contributed by atoms with van der Waals surface area (Å²) in [5.41, 5.74) is 7.13. The molecule has 0 unspecified atom stereocenters. The first-order valence-corrected chi connectivity index (χ1v) is 10.3. The lowest BCUT2D eigenvalue weighted by Crippen LogP contribution is -2.05. The standard InChI is InChI=1S/C25H20N6/c1-26-12-17-6-4-8-22-23(17)29-25(28-22)24-19-11-15(9-10-21(19)30-31-24)20-14-27-13-16-5-2-3-7-18(16)20/h2-11,13-14,26H,12H2,1H3,(H,28,29)(H,30,31). The van der Waals surface area contributed by atoms with Gasteiger partial charge in [-0.25, -0.2) is 4.98 Å². The SMILES string of the molecule is CNCc1cccc2[nH]c(-c3n[nH]c4ccc(-c5cncc6ccccc56)cc34)nc12. The van der Waals surface area contributed by atoms with Gasteiger partial charge in [0.05, 0.1) is 16.6 Å². The van der Waals surface area contributed by atoms with Gasteiger partial charge in [-0.1, -0.05) is 42.5 Å². The lowest BCUT2D eigenvalue weighted by Gasteiger charge is -2.06. The van der Waals surface area contributed by atoms with Crippen LogP contribution in [0.4, 0.5) is 0 Å². The smallest absolute Gasteiger partial charge is 0.159 e. The summed E-state index contributed by atoms with van der Waals surface area (Å²) in [5, 5.41) is 14.3. The summed E-state index contributed by atoms with van der Waals surface area (Å²) in [6, 6.07) is 20.9. The van der Waals surface area contributed by atoms with Gasteiger partial charge in [-0.15, -0.1) is 0 Å². The highest BCUT2D eigenvalue weighted by atomic mass is 15.1. The van der Waals surface area contributed by atoms with E-state index in [1.54, 1.807) is 0 Å². The molecule has 0 aliphatic rings. The number of para-hydroxylation sites is 1. The molecule has 3 aromatic carbocycles. The lowest BCUT2D eigenvalue weighted by molar-refractivity contribution is 0.822. The number of fused-ring (bicyclic) bond motifs is 3. The molecule has 0 atom stereocenters. The number of benzene rings is 3. The molecule has 0 aliphatic heterocycles. The Labute approximate surface area is 178 Å². The third-order valence-electron chi connectivity index (χ3n) is 5.73. The summed E-state index contributed by atoms with van der Waals surface area (Å²) in [4.78, 5) is 12.8. The van der Waals surface area contributed by atoms with Crippen LogP contribution in [0, 0.1) is 0 Å². The average Bonchev–Trinajstić information content (AvgIpc) is 3.43. The molecule has 0 amide bonds. The van der Waals surface area contributed by atoms with Gasteiger partial charge in [-0.05, 0) is 41.8 Å². The van der Waals surface area contributed by atoms with Gasteiger partial charge in [-0.3, -0.25) is 10.1 Å². The van der Waals surface area contributed by atoms with E-state index in [4.69, 9.17) is 4.98 Å². The van der Waals surface area contributed by atoms with Crippen LogP contribution < -0.4 is 5.32 Å². The first-order chi connectivity index (χ1) is 15.3. The summed E-state index contributed by atoms with van der Waals surface area (Å²) in [7, 11) is 1.94. The number of imidazole rings is 1. The first-order valence-electron chi connectivity index (χ1n) is 10.3. The molecule has 6 nitrogen and oxygen atoms in total. The summed E-state index contributed by atoms with van der Waals surface area (Å²) in [6.07, 6.45) is 3.83. The number of hydrogen-bond donors (Lipinski definition) is 3. The molecule has 0 fully saturated rings. The Morgan fingerprint density at radius 3 is 2.77 bits per heavy atom. The van der Waals surface area contributed by atoms with Gasteiger partial charge in [0.15, 0.2) is 5.82 Å². The molecule has 150 valence electrons. The highest BCUT2D eigenvalue weighted by molar-refractivity contribution is 6.00. The van der Waals surface area contributed by atoms with Crippen molar-refractivity contribution in [1.82, 2.24) is 30.5 Å². The number of aromatic nitrogens is 5. The normalized spacial score (nSPS) is 11.6. The molecule has 0 saturated heterocycles. The molecule has 0 bridgehead atoms. The minimum absolute atomic E-state index is 0.762. The number of nitrogens with one attached hydrogen (secondary N) is 3. The minimum Gasteiger partial charge on any atom is -0.337 e. The number of hydrogen-bond acceptors (Lipinski definition) is 4. The predicted molar refractivity (Wildman–Crippen MR) is 125 cm³/mol. The van der Waals surface area contributed by atoms with Crippen LogP contribution in [0.2, 0.25) is 0 Å². The maximum absolute atomic E-state index is 4.89. The van der Waals surface area contributed by atoms with Crippen molar-refractivity contribution in [3.63, 3.8) is 0 Å². The zero-order chi connectivity index (χ0) is 20.8. The molecule has 6 rings (SSSR count). The van der Waals surface area contributed by atoms with Crippen molar-refractivity contribution in [2.75, 3.05) is 7.05 Å². The molecule has 0 radical (unpaired) electrons. The van der Waals surface area contributed by atoms with Gasteiger partial charge in [0.1, 0.15) is 5.69 Å². The Bertz CT molecular complexity index is 1550. The van der Waals surface area contributed by atoms with E-state index in [-0.39, 0.29) is 0 Å². The molecule has 6 heteroatoms. The largest absolute Gasteiger partial charge is 0.337 e. The predicted octanol–water partition coefficient (Wildman–Crippen LogP) is 5.04. The number of rotatable bonds is 4. The second-order valence-corrected chi connectivity index (χ2v) is 7.67. The number of pyridine rings is 1. The average molecular weight is 404 g/mol. The van der Waals surface area contributed by atoms with E-state index in [0.717, 1.165) is 62.1 Å². The number of nitrogens with zero attached hydrogens (tertiary/aromatic N) is 3. The number of H-pyrrole nitrogens is 2. The van der Waals surface area contributed by atoms with Gasteiger partial charge in [0.25, 0.3) is 0 Å². The fraction of sp³-hybridized carbons (Fsp3) is 0.0800. The highest BCUT2D eigenvalue weighted by Gasteiger charge is 2.15. The van der Waals surface area contributed by atoms with E-state index in [0.29, 0.717) is 0 Å². The Morgan fingerprint density at radius 2 is 1.84 bits per heavy atom. The minimum atomic E-state index is 0.762. The quantitative estimate of drug-likeness (QED) is 0.384. The molecular weight excluding hydrogens is 384 g/mol. The van der Waals surface area contributed by atoms with Gasteiger partial charge in [0.2, 0.25) is 0 Å². The van der Waals surface area contributed by atoms with Crippen molar-refractivity contribution < 1.29 is 0 Å².